The number of carbonyl (C=O) groups is 1. The summed E-state index contributed by atoms with van der Waals surface area (Å²) < 4.78 is 29.1. The second kappa shape index (κ2) is 7.13. The first kappa shape index (κ1) is 18.6. The third-order valence-electron chi connectivity index (χ3n) is 5.41. The van der Waals surface area contributed by atoms with Crippen molar-refractivity contribution in [2.24, 2.45) is 0 Å². The Morgan fingerprint density at radius 2 is 2.20 bits per heavy atom. The molecule has 0 spiro atoms. The van der Waals surface area contributed by atoms with E-state index < -0.39 is 12.1 Å². The van der Waals surface area contributed by atoms with E-state index in [1.165, 1.54) is 24.5 Å². The van der Waals surface area contributed by atoms with Crippen LogP contribution in [0.1, 0.15) is 16.8 Å². The van der Waals surface area contributed by atoms with Gasteiger partial charge in [0.1, 0.15) is 34.5 Å². The molecule has 1 aliphatic heterocycles. The Hall–Kier alpha value is -3.40. The Labute approximate surface area is 169 Å². The highest BCUT2D eigenvalue weighted by Crippen LogP contribution is 2.29. The summed E-state index contributed by atoms with van der Waals surface area (Å²) in [6.07, 6.45) is 2.57. The first-order chi connectivity index (χ1) is 14.5. The van der Waals surface area contributed by atoms with Crippen molar-refractivity contribution in [3.8, 4) is 11.4 Å². The maximum Gasteiger partial charge on any atom is 0.339 e. The van der Waals surface area contributed by atoms with Crippen LogP contribution in [-0.2, 0) is 6.54 Å². The number of nitrogens with zero attached hydrogens (tertiary/aromatic N) is 5. The van der Waals surface area contributed by atoms with Crippen molar-refractivity contribution < 1.29 is 18.7 Å². The third kappa shape index (κ3) is 3.18. The van der Waals surface area contributed by atoms with Crippen molar-refractivity contribution >= 4 is 28.0 Å². The highest BCUT2D eigenvalue weighted by Gasteiger charge is 2.22. The van der Waals surface area contributed by atoms with Gasteiger partial charge in [-0.2, -0.15) is 5.10 Å². The highest BCUT2D eigenvalue weighted by atomic mass is 19.1. The number of H-pyrrole nitrogens is 1. The molecule has 1 aliphatic rings. The predicted molar refractivity (Wildman–Crippen MR) is 105 cm³/mol. The van der Waals surface area contributed by atoms with Crippen LogP contribution in [0.3, 0.4) is 0 Å². The number of hydrogen-bond acceptors (Lipinski definition) is 5. The standard InChI is InChI=1S/C20H18F2N6O2/c21-11-1-2-13-16(7-11)28(6-5-27-4-3-12(22)10-27)26-17(13)15-9-24-19-18(25-15)14(8-23-19)20(29)30/h1-2,7-9,12H,3-6,10H2,(H,23,24)(H,29,30). The fourth-order valence-electron chi connectivity index (χ4n) is 3.90. The van der Waals surface area contributed by atoms with Gasteiger partial charge in [0.15, 0.2) is 5.65 Å². The summed E-state index contributed by atoms with van der Waals surface area (Å²) in [5.41, 5.74) is 2.09. The summed E-state index contributed by atoms with van der Waals surface area (Å²) in [5, 5.41) is 14.6. The van der Waals surface area contributed by atoms with Crippen molar-refractivity contribution in [2.75, 3.05) is 19.6 Å². The molecular formula is C20H18F2N6O2. The highest BCUT2D eigenvalue weighted by molar-refractivity contribution is 6.01. The van der Waals surface area contributed by atoms with Crippen molar-refractivity contribution in [3.63, 3.8) is 0 Å². The molecule has 4 heterocycles. The molecular weight excluding hydrogens is 394 g/mol. The number of alkyl halides is 1. The molecule has 1 unspecified atom stereocenters. The Morgan fingerprint density at radius 3 is 2.97 bits per heavy atom. The number of nitrogens with one attached hydrogen (secondary N) is 1. The number of carboxylic acids is 1. The average Bonchev–Trinajstić information content (AvgIpc) is 3.42. The third-order valence-corrected chi connectivity index (χ3v) is 5.41. The minimum absolute atomic E-state index is 0.0175. The van der Waals surface area contributed by atoms with Gasteiger partial charge >= 0.3 is 5.97 Å². The number of aromatic carboxylic acids is 1. The molecule has 154 valence electrons. The fourth-order valence-corrected chi connectivity index (χ4v) is 3.90. The molecule has 1 fully saturated rings. The van der Waals surface area contributed by atoms with E-state index in [1.54, 1.807) is 10.7 Å². The van der Waals surface area contributed by atoms with Gasteiger partial charge < -0.3 is 10.1 Å². The lowest BCUT2D eigenvalue weighted by molar-refractivity contribution is 0.0699. The lowest BCUT2D eigenvalue weighted by Crippen LogP contribution is -2.25. The van der Waals surface area contributed by atoms with Crippen LogP contribution in [0.2, 0.25) is 0 Å². The van der Waals surface area contributed by atoms with Gasteiger partial charge in [-0.15, -0.1) is 0 Å². The zero-order valence-electron chi connectivity index (χ0n) is 15.8. The Bertz CT molecular complexity index is 1270. The first-order valence-electron chi connectivity index (χ1n) is 9.60. The van der Waals surface area contributed by atoms with E-state index in [-0.39, 0.29) is 16.9 Å². The Kier molecular flexibility index (Phi) is 4.43. The van der Waals surface area contributed by atoms with Crippen LogP contribution in [0.5, 0.6) is 0 Å². The van der Waals surface area contributed by atoms with E-state index in [0.29, 0.717) is 60.5 Å². The molecule has 1 saturated heterocycles. The summed E-state index contributed by atoms with van der Waals surface area (Å²) in [4.78, 5) is 24.9. The van der Waals surface area contributed by atoms with Crippen molar-refractivity contribution in [3.05, 3.63) is 42.0 Å². The molecule has 0 amide bonds. The van der Waals surface area contributed by atoms with Gasteiger partial charge in [-0.05, 0) is 24.6 Å². The van der Waals surface area contributed by atoms with Crippen LogP contribution in [0.15, 0.2) is 30.6 Å². The maximum atomic E-state index is 13.9. The smallest absolute Gasteiger partial charge is 0.339 e. The molecule has 4 aromatic rings. The quantitative estimate of drug-likeness (QED) is 0.523. The predicted octanol–water partition coefficient (Wildman–Crippen LogP) is 2.86. The summed E-state index contributed by atoms with van der Waals surface area (Å²) >= 11 is 0. The summed E-state index contributed by atoms with van der Waals surface area (Å²) in [5.74, 6) is -1.50. The molecule has 10 heteroatoms. The van der Waals surface area contributed by atoms with Gasteiger partial charge in [0, 0.05) is 31.2 Å². The number of rotatable bonds is 5. The topological polar surface area (TPSA) is 99.9 Å². The number of likely N-dealkylation sites (tertiary alicyclic amines) is 1. The number of fused-ring (bicyclic) bond motifs is 2. The van der Waals surface area contributed by atoms with Gasteiger partial charge in [-0.3, -0.25) is 9.58 Å². The van der Waals surface area contributed by atoms with Crippen LogP contribution < -0.4 is 0 Å². The van der Waals surface area contributed by atoms with E-state index in [4.69, 9.17) is 0 Å². The monoisotopic (exact) mass is 412 g/mol. The number of aromatic nitrogens is 5. The molecule has 0 bridgehead atoms. The molecule has 1 aromatic carbocycles. The van der Waals surface area contributed by atoms with Gasteiger partial charge in [0.05, 0.1) is 18.3 Å². The molecule has 30 heavy (non-hydrogen) atoms. The zero-order chi connectivity index (χ0) is 20.8. The largest absolute Gasteiger partial charge is 0.478 e. The van der Waals surface area contributed by atoms with Crippen molar-refractivity contribution in [2.45, 2.75) is 19.1 Å². The van der Waals surface area contributed by atoms with Crippen molar-refractivity contribution in [1.82, 2.24) is 29.6 Å². The average molecular weight is 412 g/mol. The first-order valence-corrected chi connectivity index (χ1v) is 9.60. The molecule has 0 radical (unpaired) electrons. The molecule has 5 rings (SSSR count). The lowest BCUT2D eigenvalue weighted by Gasteiger charge is -2.14. The fraction of sp³-hybridized carbons (Fsp3) is 0.300. The van der Waals surface area contributed by atoms with Crippen molar-refractivity contribution in [1.29, 1.82) is 0 Å². The van der Waals surface area contributed by atoms with Crippen LogP contribution >= 0.6 is 0 Å². The molecule has 3 aromatic heterocycles. The summed E-state index contributed by atoms with van der Waals surface area (Å²) in [6.45, 7) is 2.15. The minimum atomic E-state index is -1.11. The number of benzene rings is 1. The second-order valence-electron chi connectivity index (χ2n) is 7.38. The van der Waals surface area contributed by atoms with E-state index >= 15 is 0 Å². The number of hydrogen-bond donors (Lipinski definition) is 2. The normalized spacial score (nSPS) is 17.3. The molecule has 0 aliphatic carbocycles. The maximum absolute atomic E-state index is 13.9. The van der Waals surface area contributed by atoms with Crippen LogP contribution in [-0.4, -0.2) is 66.5 Å². The lowest BCUT2D eigenvalue weighted by atomic mass is 10.1. The van der Waals surface area contributed by atoms with E-state index in [1.807, 2.05) is 4.90 Å². The van der Waals surface area contributed by atoms with E-state index in [2.05, 4.69) is 20.1 Å². The van der Waals surface area contributed by atoms with Gasteiger partial charge in [-0.1, -0.05) is 0 Å². The van der Waals surface area contributed by atoms with E-state index in [0.717, 1.165) is 0 Å². The molecule has 1 atom stereocenters. The SMILES string of the molecule is O=C(O)c1c[nH]c2ncc(-c3nn(CCN4CCC(F)C4)c4cc(F)ccc34)nc12. The Morgan fingerprint density at radius 1 is 1.33 bits per heavy atom. The van der Waals surface area contributed by atoms with Gasteiger partial charge in [-0.25, -0.2) is 23.5 Å². The van der Waals surface area contributed by atoms with Gasteiger partial charge in [0.25, 0.3) is 0 Å². The summed E-state index contributed by atoms with van der Waals surface area (Å²) in [6, 6.07) is 4.37. The minimum Gasteiger partial charge on any atom is -0.478 e. The van der Waals surface area contributed by atoms with E-state index in [9.17, 15) is 18.7 Å². The molecule has 0 saturated carbocycles. The Balaban J connectivity index is 1.56. The second-order valence-corrected chi connectivity index (χ2v) is 7.38. The van der Waals surface area contributed by atoms with Crippen LogP contribution in [0.4, 0.5) is 8.78 Å². The number of aromatic amines is 1. The van der Waals surface area contributed by atoms with Crippen LogP contribution in [0.25, 0.3) is 33.5 Å². The molecule has 2 N–H and O–H groups in total. The number of halogens is 2. The zero-order valence-corrected chi connectivity index (χ0v) is 15.8. The molecule has 8 nitrogen and oxygen atoms in total. The number of carboxylic acid groups (broad SMARTS) is 1. The van der Waals surface area contributed by atoms with Crippen LogP contribution in [0, 0.1) is 5.82 Å². The van der Waals surface area contributed by atoms with Gasteiger partial charge in [0.2, 0.25) is 0 Å². The summed E-state index contributed by atoms with van der Waals surface area (Å²) in [7, 11) is 0.